The molecule has 0 radical (unpaired) electrons. The van der Waals surface area contributed by atoms with Gasteiger partial charge in [0.15, 0.2) is 0 Å². The highest BCUT2D eigenvalue weighted by atomic mass is 16.1. The first-order chi connectivity index (χ1) is 8.22. The fourth-order valence-electron chi connectivity index (χ4n) is 3.47. The highest BCUT2D eigenvalue weighted by Crippen LogP contribution is 2.30. The molecule has 0 N–H and O–H groups in total. The van der Waals surface area contributed by atoms with E-state index < -0.39 is 0 Å². The molecule has 3 atom stereocenters. The smallest absolute Gasteiger partial charge is 0.137 e. The first-order valence-electron chi connectivity index (χ1n) is 7.48. The quantitative estimate of drug-likeness (QED) is 0.749. The van der Waals surface area contributed by atoms with Crippen LogP contribution in [0.25, 0.3) is 0 Å². The van der Waals surface area contributed by atoms with Crippen LogP contribution in [0.15, 0.2) is 0 Å². The average molecular weight is 237 g/mol. The summed E-state index contributed by atoms with van der Waals surface area (Å²) in [6.45, 7) is 8.05. The van der Waals surface area contributed by atoms with Crippen molar-refractivity contribution in [3.8, 4) is 0 Å². The number of nitrogens with zero attached hydrogens (tertiary/aromatic N) is 1. The standard InChI is InChI=1S/C15H27NO/c1-3-12-5-6-15(17)14(9-12)11-16-8-7-13(4-2)10-16/h12-14H,3-11H2,1-2H3. The first-order valence-corrected chi connectivity index (χ1v) is 7.48. The summed E-state index contributed by atoms with van der Waals surface area (Å²) >= 11 is 0. The molecule has 2 aliphatic rings. The Kier molecular flexibility index (Phi) is 4.61. The van der Waals surface area contributed by atoms with Gasteiger partial charge in [-0.2, -0.15) is 0 Å². The van der Waals surface area contributed by atoms with Crippen LogP contribution in [0.1, 0.15) is 52.4 Å². The van der Waals surface area contributed by atoms with E-state index in [0.717, 1.165) is 37.6 Å². The summed E-state index contributed by atoms with van der Waals surface area (Å²) in [6, 6.07) is 0. The largest absolute Gasteiger partial charge is 0.302 e. The van der Waals surface area contributed by atoms with Crippen molar-refractivity contribution in [3.63, 3.8) is 0 Å². The number of rotatable bonds is 4. The van der Waals surface area contributed by atoms with Crippen LogP contribution in [-0.2, 0) is 4.79 Å². The Balaban J connectivity index is 1.83. The summed E-state index contributed by atoms with van der Waals surface area (Å²) in [5.41, 5.74) is 0. The maximum atomic E-state index is 12.0. The highest BCUT2D eigenvalue weighted by molar-refractivity contribution is 5.81. The van der Waals surface area contributed by atoms with Crippen molar-refractivity contribution in [2.24, 2.45) is 17.8 Å². The molecule has 0 bridgehead atoms. The summed E-state index contributed by atoms with van der Waals surface area (Å²) in [7, 11) is 0. The molecular formula is C15H27NO. The molecule has 1 heterocycles. The number of likely N-dealkylation sites (tertiary alicyclic amines) is 1. The predicted octanol–water partition coefficient (Wildman–Crippen LogP) is 3.11. The number of hydrogen-bond acceptors (Lipinski definition) is 2. The third-order valence-corrected chi connectivity index (χ3v) is 4.88. The van der Waals surface area contributed by atoms with Gasteiger partial charge in [-0.15, -0.1) is 0 Å². The van der Waals surface area contributed by atoms with Crippen molar-refractivity contribution >= 4 is 5.78 Å². The van der Waals surface area contributed by atoms with Crippen LogP contribution in [0.4, 0.5) is 0 Å². The van der Waals surface area contributed by atoms with E-state index in [9.17, 15) is 4.79 Å². The van der Waals surface area contributed by atoms with Crippen molar-refractivity contribution in [2.75, 3.05) is 19.6 Å². The third-order valence-electron chi connectivity index (χ3n) is 4.88. The minimum absolute atomic E-state index is 0.351. The van der Waals surface area contributed by atoms with Gasteiger partial charge < -0.3 is 4.90 Å². The van der Waals surface area contributed by atoms with Gasteiger partial charge in [0.2, 0.25) is 0 Å². The summed E-state index contributed by atoms with van der Waals surface area (Å²) in [4.78, 5) is 14.5. The van der Waals surface area contributed by atoms with E-state index >= 15 is 0 Å². The molecule has 98 valence electrons. The Morgan fingerprint density at radius 2 is 1.94 bits per heavy atom. The molecule has 0 spiro atoms. The van der Waals surface area contributed by atoms with E-state index in [2.05, 4.69) is 18.7 Å². The highest BCUT2D eigenvalue weighted by Gasteiger charge is 2.31. The molecule has 1 saturated carbocycles. The van der Waals surface area contributed by atoms with Gasteiger partial charge in [0.25, 0.3) is 0 Å². The first kappa shape index (κ1) is 13.1. The van der Waals surface area contributed by atoms with Crippen molar-refractivity contribution in [3.05, 3.63) is 0 Å². The Bertz CT molecular complexity index is 264. The lowest BCUT2D eigenvalue weighted by atomic mass is 9.79. The van der Waals surface area contributed by atoms with Crippen molar-refractivity contribution < 1.29 is 4.79 Å². The molecule has 2 fully saturated rings. The van der Waals surface area contributed by atoms with Crippen LogP contribution in [0, 0.1) is 17.8 Å². The number of Topliss-reactive ketones (excluding diaryl/α,β-unsaturated/α-hetero) is 1. The van der Waals surface area contributed by atoms with Gasteiger partial charge in [-0.3, -0.25) is 4.79 Å². The lowest BCUT2D eigenvalue weighted by Crippen LogP contribution is -2.35. The zero-order valence-corrected chi connectivity index (χ0v) is 11.5. The third kappa shape index (κ3) is 3.31. The van der Waals surface area contributed by atoms with E-state index in [1.165, 1.54) is 32.4 Å². The van der Waals surface area contributed by atoms with E-state index in [0.29, 0.717) is 11.7 Å². The van der Waals surface area contributed by atoms with E-state index in [1.807, 2.05) is 0 Å². The monoisotopic (exact) mass is 237 g/mol. The molecule has 0 amide bonds. The molecular weight excluding hydrogens is 210 g/mol. The van der Waals surface area contributed by atoms with Gasteiger partial charge in [0.1, 0.15) is 5.78 Å². The Morgan fingerprint density at radius 1 is 1.18 bits per heavy atom. The maximum Gasteiger partial charge on any atom is 0.137 e. The molecule has 3 unspecified atom stereocenters. The van der Waals surface area contributed by atoms with Crippen LogP contribution in [-0.4, -0.2) is 30.3 Å². The fraction of sp³-hybridized carbons (Fsp3) is 0.933. The molecule has 2 heteroatoms. The van der Waals surface area contributed by atoms with Gasteiger partial charge in [-0.25, -0.2) is 0 Å². The SMILES string of the molecule is CCC1CCC(=O)C(CN2CCC(CC)C2)C1. The molecule has 2 nitrogen and oxygen atoms in total. The molecule has 0 aromatic heterocycles. The number of carbonyl (C=O) groups excluding carboxylic acids is 1. The van der Waals surface area contributed by atoms with Crippen LogP contribution in [0.3, 0.4) is 0 Å². The van der Waals surface area contributed by atoms with Crippen molar-refractivity contribution in [1.82, 2.24) is 4.90 Å². The maximum absolute atomic E-state index is 12.0. The molecule has 0 aromatic rings. The number of carbonyl (C=O) groups is 1. The molecule has 0 aromatic carbocycles. The zero-order chi connectivity index (χ0) is 12.3. The Labute approximate surface area is 106 Å². The molecule has 1 aliphatic carbocycles. The van der Waals surface area contributed by atoms with Gasteiger partial charge in [-0.1, -0.05) is 26.7 Å². The Hall–Kier alpha value is -0.370. The van der Waals surface area contributed by atoms with E-state index in [-0.39, 0.29) is 0 Å². The van der Waals surface area contributed by atoms with Gasteiger partial charge in [-0.05, 0) is 37.6 Å². The minimum atomic E-state index is 0.351. The zero-order valence-electron chi connectivity index (χ0n) is 11.5. The molecule has 1 saturated heterocycles. The average Bonchev–Trinajstić information content (AvgIpc) is 2.80. The lowest BCUT2D eigenvalue weighted by Gasteiger charge is -2.30. The Morgan fingerprint density at radius 3 is 2.59 bits per heavy atom. The number of hydrogen-bond donors (Lipinski definition) is 0. The van der Waals surface area contributed by atoms with Crippen LogP contribution >= 0.6 is 0 Å². The second-order valence-electron chi connectivity index (χ2n) is 6.03. The van der Waals surface area contributed by atoms with Crippen LogP contribution in [0.2, 0.25) is 0 Å². The van der Waals surface area contributed by atoms with Gasteiger partial charge in [0, 0.05) is 25.4 Å². The lowest BCUT2D eigenvalue weighted by molar-refractivity contribution is -0.126. The van der Waals surface area contributed by atoms with E-state index in [1.54, 1.807) is 0 Å². The summed E-state index contributed by atoms with van der Waals surface area (Å²) in [6.07, 6.45) is 7.03. The van der Waals surface area contributed by atoms with Gasteiger partial charge in [0.05, 0.1) is 0 Å². The summed E-state index contributed by atoms with van der Waals surface area (Å²) in [5, 5.41) is 0. The second-order valence-corrected chi connectivity index (χ2v) is 6.03. The summed E-state index contributed by atoms with van der Waals surface area (Å²) < 4.78 is 0. The van der Waals surface area contributed by atoms with Gasteiger partial charge >= 0.3 is 0 Å². The second kappa shape index (κ2) is 5.99. The topological polar surface area (TPSA) is 20.3 Å². The predicted molar refractivity (Wildman–Crippen MR) is 71.0 cm³/mol. The molecule has 17 heavy (non-hydrogen) atoms. The van der Waals surface area contributed by atoms with Crippen LogP contribution in [0.5, 0.6) is 0 Å². The van der Waals surface area contributed by atoms with E-state index in [4.69, 9.17) is 0 Å². The molecule has 1 aliphatic heterocycles. The number of ketones is 1. The molecule has 2 rings (SSSR count). The normalized spacial score (nSPS) is 35.4. The van der Waals surface area contributed by atoms with Crippen molar-refractivity contribution in [1.29, 1.82) is 0 Å². The van der Waals surface area contributed by atoms with Crippen molar-refractivity contribution in [2.45, 2.75) is 52.4 Å². The summed E-state index contributed by atoms with van der Waals surface area (Å²) in [5.74, 6) is 2.58. The van der Waals surface area contributed by atoms with Crippen LogP contribution < -0.4 is 0 Å². The fourth-order valence-corrected chi connectivity index (χ4v) is 3.47. The minimum Gasteiger partial charge on any atom is -0.302 e.